The lowest BCUT2D eigenvalue weighted by atomic mass is 9.96. The quantitative estimate of drug-likeness (QED) is 0.351. The summed E-state index contributed by atoms with van der Waals surface area (Å²) < 4.78 is 5.45. The van der Waals surface area contributed by atoms with E-state index in [1.54, 1.807) is 13.3 Å². The maximum Gasteiger partial charge on any atom is 0.223 e. The Hall–Kier alpha value is -3.90. The summed E-state index contributed by atoms with van der Waals surface area (Å²) in [4.78, 5) is 9.29. The zero-order chi connectivity index (χ0) is 25.2. The third-order valence-electron chi connectivity index (χ3n) is 5.77. The van der Waals surface area contributed by atoms with Crippen LogP contribution in [0.4, 0.5) is 5.95 Å². The monoisotopic (exact) mass is 469 g/mol. The highest BCUT2D eigenvalue weighted by Crippen LogP contribution is 2.28. The fraction of sp³-hybridized carbons (Fsp3) is 0.241. The summed E-state index contributed by atoms with van der Waals surface area (Å²) in [5, 5.41) is 6.37. The number of aromatic nitrogens is 2. The number of aryl methyl sites for hydroxylation is 2. The third-order valence-corrected chi connectivity index (χ3v) is 5.77. The van der Waals surface area contributed by atoms with Crippen LogP contribution in [0.25, 0.3) is 11.1 Å². The first-order valence-corrected chi connectivity index (χ1v) is 11.7. The van der Waals surface area contributed by atoms with E-state index in [1.807, 2.05) is 38.4 Å². The zero-order valence-corrected chi connectivity index (χ0v) is 21.2. The molecule has 0 bridgehead atoms. The smallest absolute Gasteiger partial charge is 0.223 e. The summed E-state index contributed by atoms with van der Waals surface area (Å²) in [5.74, 6) is 1.43. The molecule has 0 fully saturated rings. The molecule has 3 rings (SSSR count). The molecular weight excluding hydrogens is 434 g/mol. The van der Waals surface area contributed by atoms with Gasteiger partial charge < -0.3 is 21.1 Å². The number of methoxy groups -OCH3 is 1. The number of nitrogens with one attached hydrogen (secondary N) is 2. The van der Waals surface area contributed by atoms with Crippen molar-refractivity contribution in [2.24, 2.45) is 5.73 Å². The van der Waals surface area contributed by atoms with Crippen molar-refractivity contribution in [1.29, 1.82) is 0 Å². The van der Waals surface area contributed by atoms with Gasteiger partial charge in [-0.3, -0.25) is 0 Å². The molecule has 2 aromatic carbocycles. The number of anilines is 1. The summed E-state index contributed by atoms with van der Waals surface area (Å²) in [6.45, 7) is 7.23. The first kappa shape index (κ1) is 25.7. The van der Waals surface area contributed by atoms with Crippen LogP contribution >= 0.6 is 0 Å². The van der Waals surface area contributed by atoms with Crippen molar-refractivity contribution >= 4 is 17.1 Å². The molecule has 1 heterocycles. The minimum atomic E-state index is 0.411. The molecule has 0 aliphatic heterocycles. The number of hydrogen-bond donors (Lipinski definition) is 3. The van der Waals surface area contributed by atoms with Gasteiger partial charge in [0.1, 0.15) is 5.75 Å². The molecule has 182 valence electrons. The lowest BCUT2D eigenvalue weighted by molar-refractivity contribution is 0.411. The first-order valence-electron chi connectivity index (χ1n) is 11.7. The van der Waals surface area contributed by atoms with Crippen LogP contribution in [0.5, 0.6) is 5.75 Å². The summed E-state index contributed by atoms with van der Waals surface area (Å²) >= 11 is 0. The van der Waals surface area contributed by atoms with Crippen LogP contribution < -0.4 is 21.1 Å². The molecule has 3 aromatic rings. The summed E-state index contributed by atoms with van der Waals surface area (Å²) in [6.07, 6.45) is 7.73. The minimum Gasteiger partial charge on any atom is -0.496 e. The van der Waals surface area contributed by atoms with E-state index in [0.29, 0.717) is 19.0 Å². The van der Waals surface area contributed by atoms with Gasteiger partial charge in [-0.15, -0.1) is 0 Å². The molecule has 1 aromatic heterocycles. The Balaban J connectivity index is 1.98. The maximum absolute atomic E-state index is 6.05. The molecule has 0 radical (unpaired) electrons. The molecule has 0 atom stereocenters. The molecule has 35 heavy (non-hydrogen) atoms. The molecular formula is C29H35N5O. The number of rotatable bonds is 10. The Morgan fingerprint density at radius 2 is 1.86 bits per heavy atom. The summed E-state index contributed by atoms with van der Waals surface area (Å²) in [5.41, 5.74) is 14.5. The molecule has 0 saturated heterocycles. The van der Waals surface area contributed by atoms with Crippen LogP contribution in [0.15, 0.2) is 78.7 Å². The average molecular weight is 470 g/mol. The Morgan fingerprint density at radius 1 is 1.09 bits per heavy atom. The zero-order valence-electron chi connectivity index (χ0n) is 21.2. The van der Waals surface area contributed by atoms with E-state index in [1.165, 1.54) is 5.56 Å². The van der Waals surface area contributed by atoms with Gasteiger partial charge in [0.2, 0.25) is 5.95 Å². The van der Waals surface area contributed by atoms with Gasteiger partial charge in [-0.1, -0.05) is 42.0 Å². The predicted octanol–water partition coefficient (Wildman–Crippen LogP) is 5.26. The van der Waals surface area contributed by atoms with Crippen molar-refractivity contribution in [3.8, 4) is 5.75 Å². The van der Waals surface area contributed by atoms with E-state index in [4.69, 9.17) is 15.5 Å². The lowest BCUT2D eigenvalue weighted by Gasteiger charge is -2.13. The predicted molar refractivity (Wildman–Crippen MR) is 146 cm³/mol. The largest absolute Gasteiger partial charge is 0.496 e. The van der Waals surface area contributed by atoms with E-state index in [2.05, 4.69) is 71.9 Å². The van der Waals surface area contributed by atoms with Gasteiger partial charge in [0.05, 0.1) is 12.8 Å². The standard InChI is InChI=1S/C29H35N5O/c1-20-6-10-25(11-7-20)22(3)26(16-23(18-30)12-14-31-4)27-13-15-32-29(34-27)33-19-24-9-8-21(2)28(17-24)35-5/h6-17,31H,18-19,30H2,1-5H3,(H,32,33,34)/b14-12-,23-16+,26-22-. The van der Waals surface area contributed by atoms with Crippen molar-refractivity contribution in [3.63, 3.8) is 0 Å². The number of ether oxygens (including phenoxy) is 1. The second kappa shape index (κ2) is 12.5. The van der Waals surface area contributed by atoms with E-state index >= 15 is 0 Å². The highest BCUT2D eigenvalue weighted by molar-refractivity contribution is 5.94. The van der Waals surface area contributed by atoms with E-state index < -0.39 is 0 Å². The molecule has 0 unspecified atom stereocenters. The highest BCUT2D eigenvalue weighted by Gasteiger charge is 2.10. The SMILES string of the molecule is CN\C=C/C(=C\C(=C(/C)c1ccc(C)cc1)c1ccnc(NCc2ccc(C)c(OC)c2)n1)CN. The Kier molecular flexibility index (Phi) is 9.21. The second-order valence-corrected chi connectivity index (χ2v) is 8.37. The van der Waals surface area contributed by atoms with Crippen LogP contribution in [0.2, 0.25) is 0 Å². The number of allylic oxidation sites excluding steroid dienone is 3. The summed E-state index contributed by atoms with van der Waals surface area (Å²) in [6, 6.07) is 16.6. The molecule has 6 heteroatoms. The number of benzene rings is 2. The van der Waals surface area contributed by atoms with Gasteiger partial charge in [0.25, 0.3) is 0 Å². The molecule has 0 amide bonds. The van der Waals surface area contributed by atoms with Gasteiger partial charge in [-0.05, 0) is 79.1 Å². The lowest BCUT2D eigenvalue weighted by Crippen LogP contribution is -2.06. The minimum absolute atomic E-state index is 0.411. The van der Waals surface area contributed by atoms with E-state index in [0.717, 1.165) is 44.9 Å². The molecule has 6 nitrogen and oxygen atoms in total. The molecule has 0 aliphatic carbocycles. The number of hydrogen-bond acceptors (Lipinski definition) is 6. The third kappa shape index (κ3) is 7.04. The molecule has 0 spiro atoms. The van der Waals surface area contributed by atoms with Crippen LogP contribution in [0.1, 0.15) is 34.9 Å². The fourth-order valence-electron chi connectivity index (χ4n) is 3.63. The Labute approximate surface area is 208 Å². The van der Waals surface area contributed by atoms with Crippen LogP contribution in [0.3, 0.4) is 0 Å². The van der Waals surface area contributed by atoms with Crippen molar-refractivity contribution in [2.75, 3.05) is 26.0 Å². The van der Waals surface area contributed by atoms with E-state index in [9.17, 15) is 0 Å². The van der Waals surface area contributed by atoms with Crippen LogP contribution in [0, 0.1) is 13.8 Å². The van der Waals surface area contributed by atoms with Crippen molar-refractivity contribution in [1.82, 2.24) is 15.3 Å². The average Bonchev–Trinajstić information content (AvgIpc) is 2.88. The van der Waals surface area contributed by atoms with Crippen LogP contribution in [-0.2, 0) is 6.54 Å². The van der Waals surface area contributed by atoms with Gasteiger partial charge in [0.15, 0.2) is 0 Å². The highest BCUT2D eigenvalue weighted by atomic mass is 16.5. The molecule has 4 N–H and O–H groups in total. The normalized spacial score (nSPS) is 12.5. The van der Waals surface area contributed by atoms with Gasteiger partial charge >= 0.3 is 0 Å². The number of nitrogens with two attached hydrogens (primary N) is 1. The van der Waals surface area contributed by atoms with Crippen molar-refractivity contribution < 1.29 is 4.74 Å². The molecule has 0 saturated carbocycles. The van der Waals surface area contributed by atoms with Gasteiger partial charge in [0, 0.05) is 31.9 Å². The maximum atomic E-state index is 6.05. The summed E-state index contributed by atoms with van der Waals surface area (Å²) in [7, 11) is 3.55. The Morgan fingerprint density at radius 3 is 2.54 bits per heavy atom. The van der Waals surface area contributed by atoms with Gasteiger partial charge in [-0.2, -0.15) is 0 Å². The van der Waals surface area contributed by atoms with E-state index in [-0.39, 0.29) is 0 Å². The Bertz CT molecular complexity index is 1230. The molecule has 0 aliphatic rings. The fourth-order valence-corrected chi connectivity index (χ4v) is 3.63. The number of nitrogens with zero attached hydrogens (tertiary/aromatic N) is 2. The van der Waals surface area contributed by atoms with Crippen LogP contribution in [-0.4, -0.2) is 30.7 Å². The van der Waals surface area contributed by atoms with Crippen molar-refractivity contribution in [2.45, 2.75) is 27.3 Å². The second-order valence-electron chi connectivity index (χ2n) is 8.37. The topological polar surface area (TPSA) is 85.1 Å². The van der Waals surface area contributed by atoms with Gasteiger partial charge in [-0.25, -0.2) is 9.97 Å². The van der Waals surface area contributed by atoms with Crippen molar-refractivity contribution in [3.05, 3.63) is 107 Å². The first-order chi connectivity index (χ1) is 16.9.